The van der Waals surface area contributed by atoms with Crippen molar-refractivity contribution in [3.8, 4) is 5.75 Å². The fourth-order valence-electron chi connectivity index (χ4n) is 2.43. The summed E-state index contributed by atoms with van der Waals surface area (Å²) in [6.45, 7) is 3.86. The maximum Gasteiger partial charge on any atom is 0.254 e. The lowest BCUT2D eigenvalue weighted by Gasteiger charge is -2.28. The minimum absolute atomic E-state index is 0.0165. The summed E-state index contributed by atoms with van der Waals surface area (Å²) in [6.07, 6.45) is 2.03. The molecule has 5 heteroatoms. The summed E-state index contributed by atoms with van der Waals surface area (Å²) in [4.78, 5) is 12.0. The highest BCUT2D eigenvalue weighted by Crippen LogP contribution is 2.18. The molecule has 0 aromatic heterocycles. The second-order valence-corrected chi connectivity index (χ2v) is 5.01. The first-order chi connectivity index (χ1) is 9.08. The minimum Gasteiger partial charge on any atom is -0.508 e. The summed E-state index contributed by atoms with van der Waals surface area (Å²) in [5.74, 6) is -0.885. The first-order valence-corrected chi connectivity index (χ1v) is 6.58. The van der Waals surface area contributed by atoms with E-state index >= 15 is 0 Å². The number of aromatic hydroxyl groups is 1. The van der Waals surface area contributed by atoms with Crippen LogP contribution in [-0.2, 0) is 0 Å². The van der Waals surface area contributed by atoms with Gasteiger partial charge in [-0.05, 0) is 50.9 Å². The first kappa shape index (κ1) is 13.8. The Bertz CT molecular complexity index is 459. The van der Waals surface area contributed by atoms with Crippen LogP contribution >= 0.6 is 0 Å². The van der Waals surface area contributed by atoms with Gasteiger partial charge in [-0.15, -0.1) is 0 Å². The molecule has 1 aromatic carbocycles. The second-order valence-electron chi connectivity index (χ2n) is 5.01. The van der Waals surface area contributed by atoms with Crippen molar-refractivity contribution in [2.24, 2.45) is 5.92 Å². The molecular weight excluding hydrogens is 247 g/mol. The highest BCUT2D eigenvalue weighted by Gasteiger charge is 2.22. The van der Waals surface area contributed by atoms with Crippen molar-refractivity contribution in [3.63, 3.8) is 0 Å². The molecule has 1 amide bonds. The Kier molecular flexibility index (Phi) is 4.37. The Morgan fingerprint density at radius 1 is 1.47 bits per heavy atom. The molecule has 1 aliphatic heterocycles. The number of halogens is 1. The van der Waals surface area contributed by atoms with Crippen molar-refractivity contribution in [3.05, 3.63) is 29.6 Å². The number of piperidine rings is 1. The zero-order valence-corrected chi connectivity index (χ0v) is 10.9. The predicted octanol–water partition coefficient (Wildman–Crippen LogP) is 1.65. The molecule has 0 aliphatic carbocycles. The van der Waals surface area contributed by atoms with Gasteiger partial charge >= 0.3 is 0 Å². The molecule has 0 spiro atoms. The molecule has 3 N–H and O–H groups in total. The molecule has 1 aliphatic rings. The molecule has 1 heterocycles. The third kappa shape index (κ3) is 3.44. The predicted molar refractivity (Wildman–Crippen MR) is 70.6 cm³/mol. The molecule has 4 nitrogen and oxygen atoms in total. The lowest BCUT2D eigenvalue weighted by Crippen LogP contribution is -2.42. The Morgan fingerprint density at radius 2 is 2.16 bits per heavy atom. The van der Waals surface area contributed by atoms with Crippen LogP contribution in [0.2, 0.25) is 0 Å². The van der Waals surface area contributed by atoms with Crippen LogP contribution in [0.15, 0.2) is 18.2 Å². The fraction of sp³-hybridized carbons (Fsp3) is 0.500. The van der Waals surface area contributed by atoms with Gasteiger partial charge in [0.2, 0.25) is 0 Å². The normalized spacial score (nSPS) is 18.0. The molecule has 1 atom stereocenters. The molecule has 2 rings (SSSR count). The van der Waals surface area contributed by atoms with E-state index in [-0.39, 0.29) is 17.4 Å². The maximum atomic E-state index is 13.6. The highest BCUT2D eigenvalue weighted by molar-refractivity contribution is 5.94. The summed E-state index contributed by atoms with van der Waals surface area (Å²) in [5, 5.41) is 15.2. The van der Waals surface area contributed by atoms with Gasteiger partial charge in [0.1, 0.15) is 11.6 Å². The van der Waals surface area contributed by atoms with Crippen molar-refractivity contribution in [1.29, 1.82) is 0 Å². The first-order valence-electron chi connectivity index (χ1n) is 6.58. The number of rotatable bonds is 3. The molecule has 0 saturated carbocycles. The standard InChI is InChI=1S/C14H19FN2O2/c1-9(10-4-6-16-7-5-10)17-14(19)12-3-2-11(18)8-13(12)15/h2-3,8-10,16,18H,4-7H2,1H3,(H,17,19). The number of phenols is 1. The van der Waals surface area contributed by atoms with E-state index in [1.54, 1.807) is 0 Å². The topological polar surface area (TPSA) is 61.4 Å². The van der Waals surface area contributed by atoms with Crippen molar-refractivity contribution >= 4 is 5.91 Å². The van der Waals surface area contributed by atoms with Crippen LogP contribution in [0.5, 0.6) is 5.75 Å². The van der Waals surface area contributed by atoms with Crippen molar-refractivity contribution in [1.82, 2.24) is 10.6 Å². The van der Waals surface area contributed by atoms with E-state index in [9.17, 15) is 9.18 Å². The van der Waals surface area contributed by atoms with Crippen LogP contribution in [-0.4, -0.2) is 30.1 Å². The largest absolute Gasteiger partial charge is 0.508 e. The maximum absolute atomic E-state index is 13.6. The average Bonchev–Trinajstić information content (AvgIpc) is 2.39. The van der Waals surface area contributed by atoms with Gasteiger partial charge in [0.15, 0.2) is 0 Å². The van der Waals surface area contributed by atoms with E-state index in [1.165, 1.54) is 12.1 Å². The van der Waals surface area contributed by atoms with E-state index in [0.29, 0.717) is 5.92 Å². The van der Waals surface area contributed by atoms with E-state index in [2.05, 4.69) is 10.6 Å². The Hall–Kier alpha value is -1.62. The van der Waals surface area contributed by atoms with Gasteiger partial charge in [-0.3, -0.25) is 4.79 Å². The number of amides is 1. The molecule has 0 radical (unpaired) electrons. The summed E-state index contributed by atoms with van der Waals surface area (Å²) >= 11 is 0. The molecule has 104 valence electrons. The van der Waals surface area contributed by atoms with Gasteiger partial charge in [0, 0.05) is 12.1 Å². The van der Waals surface area contributed by atoms with E-state index in [0.717, 1.165) is 32.0 Å². The highest BCUT2D eigenvalue weighted by atomic mass is 19.1. The lowest BCUT2D eigenvalue weighted by atomic mass is 9.91. The Balaban J connectivity index is 1.99. The van der Waals surface area contributed by atoms with Crippen molar-refractivity contribution in [2.45, 2.75) is 25.8 Å². The smallest absolute Gasteiger partial charge is 0.254 e. The average molecular weight is 266 g/mol. The van der Waals surface area contributed by atoms with Crippen molar-refractivity contribution < 1.29 is 14.3 Å². The number of nitrogens with one attached hydrogen (secondary N) is 2. The lowest BCUT2D eigenvalue weighted by molar-refractivity contribution is 0.0916. The zero-order chi connectivity index (χ0) is 13.8. The molecule has 1 unspecified atom stereocenters. The zero-order valence-electron chi connectivity index (χ0n) is 10.9. The van der Waals surface area contributed by atoms with E-state index < -0.39 is 11.7 Å². The molecule has 0 bridgehead atoms. The summed E-state index contributed by atoms with van der Waals surface area (Å²) in [5.41, 5.74) is -0.0291. The number of benzene rings is 1. The molecular formula is C14H19FN2O2. The van der Waals surface area contributed by atoms with Gasteiger partial charge in [-0.25, -0.2) is 4.39 Å². The molecule has 1 aromatic rings. The second kappa shape index (κ2) is 6.02. The van der Waals surface area contributed by atoms with Crippen molar-refractivity contribution in [2.75, 3.05) is 13.1 Å². The van der Waals surface area contributed by atoms with Gasteiger partial charge in [0.25, 0.3) is 5.91 Å². The Morgan fingerprint density at radius 3 is 2.79 bits per heavy atom. The number of hydrogen-bond donors (Lipinski definition) is 3. The van der Waals surface area contributed by atoms with Crippen LogP contribution in [0.3, 0.4) is 0 Å². The van der Waals surface area contributed by atoms with Gasteiger partial charge in [0.05, 0.1) is 5.56 Å². The van der Waals surface area contributed by atoms with Crippen LogP contribution < -0.4 is 10.6 Å². The molecule has 19 heavy (non-hydrogen) atoms. The third-order valence-corrected chi connectivity index (χ3v) is 3.65. The van der Waals surface area contributed by atoms with Gasteiger partial charge in [-0.2, -0.15) is 0 Å². The summed E-state index contributed by atoms with van der Waals surface area (Å²) in [7, 11) is 0. The SMILES string of the molecule is CC(NC(=O)c1ccc(O)cc1F)C1CCNCC1. The minimum atomic E-state index is -0.699. The number of hydrogen-bond acceptors (Lipinski definition) is 3. The van der Waals surface area contributed by atoms with Crippen LogP contribution in [0, 0.1) is 11.7 Å². The number of carbonyl (C=O) groups excluding carboxylic acids is 1. The molecule has 1 saturated heterocycles. The third-order valence-electron chi connectivity index (χ3n) is 3.65. The quantitative estimate of drug-likeness (QED) is 0.779. The van der Waals surface area contributed by atoms with E-state index in [4.69, 9.17) is 5.11 Å². The summed E-state index contributed by atoms with van der Waals surface area (Å²) < 4.78 is 13.6. The van der Waals surface area contributed by atoms with Gasteiger partial charge in [-0.1, -0.05) is 0 Å². The number of carbonyl (C=O) groups is 1. The fourth-order valence-corrected chi connectivity index (χ4v) is 2.43. The monoisotopic (exact) mass is 266 g/mol. The molecule has 1 fully saturated rings. The van der Waals surface area contributed by atoms with Gasteiger partial charge < -0.3 is 15.7 Å². The van der Waals surface area contributed by atoms with Crippen LogP contribution in [0.1, 0.15) is 30.1 Å². The Labute approximate surface area is 112 Å². The number of phenolic OH excluding ortho intramolecular Hbond substituents is 1. The van der Waals surface area contributed by atoms with E-state index in [1.807, 2.05) is 6.92 Å². The van der Waals surface area contributed by atoms with Crippen LogP contribution in [0.4, 0.5) is 4.39 Å². The summed E-state index contributed by atoms with van der Waals surface area (Å²) in [6, 6.07) is 3.58. The van der Waals surface area contributed by atoms with Crippen LogP contribution in [0.25, 0.3) is 0 Å².